The van der Waals surface area contributed by atoms with Crippen LogP contribution < -0.4 is 10.5 Å². The Morgan fingerprint density at radius 3 is 2.45 bits per heavy atom. The Labute approximate surface area is 197 Å². The summed E-state index contributed by atoms with van der Waals surface area (Å²) in [6, 6.07) is 8.73. The normalized spacial score (nSPS) is 14.1. The number of alkyl halides is 3. The lowest BCUT2D eigenvalue weighted by molar-refractivity contribution is -0.137. The third kappa shape index (κ3) is 7.59. The molecule has 0 amide bonds. The molecule has 8 heteroatoms. The molecule has 0 bridgehead atoms. The fraction of sp³-hybridized carbons (Fsp3) is 0.400. The van der Waals surface area contributed by atoms with Crippen LogP contribution >= 0.6 is 11.6 Å². The Hall–Kier alpha value is -2.35. The average Bonchev–Trinajstić information content (AvgIpc) is 2.76. The maximum absolute atomic E-state index is 13.2. The van der Waals surface area contributed by atoms with Crippen molar-refractivity contribution >= 4 is 29.5 Å². The van der Waals surface area contributed by atoms with Gasteiger partial charge in [-0.2, -0.15) is 13.2 Å². The van der Waals surface area contributed by atoms with E-state index in [4.69, 9.17) is 26.8 Å². The number of nitrogens with two attached hydrogens (primary N) is 1. The van der Waals surface area contributed by atoms with Crippen LogP contribution in [0, 0.1) is 0 Å². The van der Waals surface area contributed by atoms with Crippen LogP contribution in [0.5, 0.6) is 5.75 Å². The first-order valence-corrected chi connectivity index (χ1v) is 11.0. The molecular weight excluding hydrogens is 455 g/mol. The first-order chi connectivity index (χ1) is 15.5. The maximum atomic E-state index is 13.2. The zero-order valence-electron chi connectivity index (χ0n) is 19.0. The molecule has 180 valence electrons. The van der Waals surface area contributed by atoms with Crippen molar-refractivity contribution < 1.29 is 27.4 Å². The molecule has 2 aromatic rings. The predicted octanol–water partition coefficient (Wildman–Crippen LogP) is 6.53. The van der Waals surface area contributed by atoms with Crippen molar-refractivity contribution in [3.05, 3.63) is 63.7 Å². The average molecular weight is 484 g/mol. The standard InChI is InChI=1S/C25H29ClF3NO3/c1-4-10-24(30,15-31)11-9-18-5-6-19(14-22(18)26)17(2)12-20-13-21(25(27,28)29)7-8-23(20)33-16-32-3/h5-8,12-15H,4,9-11,16,30H2,1-3H3/b17-12-/t24-/m0/s1. The van der Waals surface area contributed by atoms with Crippen molar-refractivity contribution in [3.63, 3.8) is 0 Å². The smallest absolute Gasteiger partial charge is 0.416 e. The quantitative estimate of drug-likeness (QED) is 0.224. The number of allylic oxidation sites excluding steroid dienone is 1. The van der Waals surface area contributed by atoms with Crippen molar-refractivity contribution in [1.29, 1.82) is 0 Å². The Balaban J connectivity index is 2.31. The molecule has 0 saturated heterocycles. The third-order valence-corrected chi connectivity index (χ3v) is 5.71. The Bertz CT molecular complexity index is 991. The van der Waals surface area contributed by atoms with E-state index in [2.05, 4.69) is 0 Å². The molecule has 2 aromatic carbocycles. The first kappa shape index (κ1) is 26.9. The predicted molar refractivity (Wildman–Crippen MR) is 125 cm³/mol. The maximum Gasteiger partial charge on any atom is 0.416 e. The summed E-state index contributed by atoms with van der Waals surface area (Å²) in [7, 11) is 1.43. The highest BCUT2D eigenvalue weighted by atomic mass is 35.5. The van der Waals surface area contributed by atoms with Gasteiger partial charge in [0.1, 0.15) is 12.0 Å². The molecule has 0 aliphatic rings. The third-order valence-electron chi connectivity index (χ3n) is 5.36. The minimum absolute atomic E-state index is 0.0900. The number of carbonyl (C=O) groups is 1. The van der Waals surface area contributed by atoms with Crippen LogP contribution in [0.2, 0.25) is 5.02 Å². The van der Waals surface area contributed by atoms with Gasteiger partial charge in [-0.15, -0.1) is 0 Å². The Morgan fingerprint density at radius 2 is 1.88 bits per heavy atom. The van der Waals surface area contributed by atoms with Crippen LogP contribution in [-0.4, -0.2) is 25.7 Å². The van der Waals surface area contributed by atoms with Gasteiger partial charge in [-0.3, -0.25) is 0 Å². The molecule has 1 atom stereocenters. The fourth-order valence-corrected chi connectivity index (χ4v) is 3.75. The molecule has 4 nitrogen and oxygen atoms in total. The highest BCUT2D eigenvalue weighted by Gasteiger charge is 2.31. The second kappa shape index (κ2) is 11.7. The topological polar surface area (TPSA) is 61.6 Å². The number of aldehydes is 1. The largest absolute Gasteiger partial charge is 0.467 e. The molecule has 0 aromatic heterocycles. The van der Waals surface area contributed by atoms with Gasteiger partial charge in [0, 0.05) is 17.7 Å². The molecule has 0 fully saturated rings. The van der Waals surface area contributed by atoms with Gasteiger partial charge in [-0.1, -0.05) is 37.1 Å². The number of halogens is 4. The second-order valence-corrected chi connectivity index (χ2v) is 8.44. The van der Waals surface area contributed by atoms with Gasteiger partial charge < -0.3 is 20.0 Å². The number of ether oxygens (including phenoxy) is 2. The highest BCUT2D eigenvalue weighted by Crippen LogP contribution is 2.35. The van der Waals surface area contributed by atoms with Gasteiger partial charge in [0.05, 0.1) is 11.1 Å². The van der Waals surface area contributed by atoms with Crippen molar-refractivity contribution in [1.82, 2.24) is 0 Å². The van der Waals surface area contributed by atoms with E-state index in [-0.39, 0.29) is 18.1 Å². The number of hydrogen-bond donors (Lipinski definition) is 1. The van der Waals surface area contributed by atoms with Crippen LogP contribution in [0.15, 0.2) is 36.4 Å². The Morgan fingerprint density at radius 1 is 1.15 bits per heavy atom. The van der Waals surface area contributed by atoms with Crippen LogP contribution in [0.4, 0.5) is 13.2 Å². The molecule has 0 aliphatic heterocycles. The van der Waals surface area contributed by atoms with Crippen molar-refractivity contribution in [2.75, 3.05) is 13.9 Å². The summed E-state index contributed by atoms with van der Waals surface area (Å²) in [5, 5.41) is 0.505. The van der Waals surface area contributed by atoms with E-state index in [1.807, 2.05) is 19.1 Å². The van der Waals surface area contributed by atoms with Crippen LogP contribution in [0.3, 0.4) is 0 Å². The number of aryl methyl sites for hydroxylation is 1. The van der Waals surface area contributed by atoms with E-state index in [0.29, 0.717) is 29.9 Å². The van der Waals surface area contributed by atoms with E-state index in [0.717, 1.165) is 36.0 Å². The number of methoxy groups -OCH3 is 1. The van der Waals surface area contributed by atoms with Crippen molar-refractivity contribution in [2.45, 2.75) is 51.2 Å². The van der Waals surface area contributed by atoms with E-state index < -0.39 is 17.3 Å². The summed E-state index contributed by atoms with van der Waals surface area (Å²) in [5.41, 5.74) is 7.07. The summed E-state index contributed by atoms with van der Waals surface area (Å²) in [4.78, 5) is 11.4. The van der Waals surface area contributed by atoms with Gasteiger partial charge in [0.15, 0.2) is 6.79 Å². The fourth-order valence-electron chi connectivity index (χ4n) is 3.48. The minimum atomic E-state index is -4.47. The zero-order chi connectivity index (χ0) is 24.6. The van der Waals surface area contributed by atoms with E-state index in [9.17, 15) is 18.0 Å². The summed E-state index contributed by atoms with van der Waals surface area (Å²) in [6.07, 6.45) is 0.352. The molecule has 33 heavy (non-hydrogen) atoms. The Kier molecular flexibility index (Phi) is 9.52. The first-order valence-electron chi connectivity index (χ1n) is 10.6. The molecule has 2 N–H and O–H groups in total. The van der Waals surface area contributed by atoms with Gasteiger partial charge in [0.25, 0.3) is 0 Å². The van der Waals surface area contributed by atoms with Crippen LogP contribution in [-0.2, 0) is 22.1 Å². The SMILES string of the molecule is CCC[C@@](N)(C=O)CCc1ccc(/C(C)=C\c2cc(C(F)(F)F)ccc2OCOC)cc1Cl. The second-order valence-electron chi connectivity index (χ2n) is 8.04. The highest BCUT2D eigenvalue weighted by molar-refractivity contribution is 6.31. The van der Waals surface area contributed by atoms with E-state index in [1.54, 1.807) is 19.1 Å². The van der Waals surface area contributed by atoms with Gasteiger partial charge >= 0.3 is 6.18 Å². The molecule has 0 saturated carbocycles. The molecule has 0 unspecified atom stereocenters. The monoisotopic (exact) mass is 483 g/mol. The molecule has 2 rings (SSSR count). The number of benzene rings is 2. The van der Waals surface area contributed by atoms with Gasteiger partial charge in [0.2, 0.25) is 0 Å². The molecule has 0 spiro atoms. The summed E-state index contributed by atoms with van der Waals surface area (Å²) >= 11 is 6.46. The molecule has 0 aliphatic carbocycles. The van der Waals surface area contributed by atoms with Gasteiger partial charge in [-0.05, 0) is 73.2 Å². The van der Waals surface area contributed by atoms with Crippen LogP contribution in [0.25, 0.3) is 11.6 Å². The summed E-state index contributed by atoms with van der Waals surface area (Å²) < 4.78 is 49.9. The van der Waals surface area contributed by atoms with Crippen LogP contribution in [0.1, 0.15) is 55.4 Å². The zero-order valence-corrected chi connectivity index (χ0v) is 19.7. The van der Waals surface area contributed by atoms with E-state index in [1.165, 1.54) is 13.2 Å². The van der Waals surface area contributed by atoms with Gasteiger partial charge in [-0.25, -0.2) is 0 Å². The molecule has 0 heterocycles. The number of carbonyl (C=O) groups excluding carboxylic acids is 1. The number of rotatable bonds is 11. The van der Waals surface area contributed by atoms with E-state index >= 15 is 0 Å². The lowest BCUT2D eigenvalue weighted by atomic mass is 9.89. The summed E-state index contributed by atoms with van der Waals surface area (Å²) in [6.45, 7) is 3.66. The lowest BCUT2D eigenvalue weighted by Crippen LogP contribution is -2.41. The van der Waals surface area contributed by atoms with Crippen molar-refractivity contribution in [3.8, 4) is 5.75 Å². The molecular formula is C25H29ClF3NO3. The summed E-state index contributed by atoms with van der Waals surface area (Å²) in [5.74, 6) is 0.274. The minimum Gasteiger partial charge on any atom is -0.467 e. The molecule has 0 radical (unpaired) electrons. The number of hydrogen-bond acceptors (Lipinski definition) is 4. The van der Waals surface area contributed by atoms with Crippen molar-refractivity contribution in [2.24, 2.45) is 5.73 Å². The lowest BCUT2D eigenvalue weighted by Gasteiger charge is -2.22.